The first-order valence-corrected chi connectivity index (χ1v) is 7.69. The lowest BCUT2D eigenvalue weighted by Gasteiger charge is -2.33. The van der Waals surface area contributed by atoms with E-state index < -0.39 is 9.84 Å². The van der Waals surface area contributed by atoms with Gasteiger partial charge in [-0.05, 0) is 13.0 Å². The van der Waals surface area contributed by atoms with Gasteiger partial charge in [0.05, 0.1) is 29.0 Å². The molecule has 1 aromatic heterocycles. The molecule has 104 valence electrons. The predicted octanol–water partition coefficient (Wildman–Crippen LogP) is -0.374. The normalized spacial score (nSPS) is 22.0. The van der Waals surface area contributed by atoms with Gasteiger partial charge in [-0.1, -0.05) is 0 Å². The molecular formula is C11H16N4O3S. The number of nitrogen functional groups attached to an aromatic ring is 1. The zero-order valence-corrected chi connectivity index (χ0v) is 11.4. The molecule has 8 heteroatoms. The number of nitrogens with zero attached hydrogens (tertiary/aromatic N) is 2. The van der Waals surface area contributed by atoms with E-state index in [0.29, 0.717) is 11.3 Å². The van der Waals surface area contributed by atoms with Gasteiger partial charge >= 0.3 is 0 Å². The topological polar surface area (TPSA) is 105 Å². The van der Waals surface area contributed by atoms with E-state index in [1.54, 1.807) is 17.9 Å². The van der Waals surface area contributed by atoms with Crippen molar-refractivity contribution in [2.24, 2.45) is 5.84 Å². The maximum Gasteiger partial charge on any atom is 0.256 e. The maximum atomic E-state index is 12.4. The van der Waals surface area contributed by atoms with Crippen molar-refractivity contribution in [2.45, 2.75) is 13.0 Å². The van der Waals surface area contributed by atoms with Crippen LogP contribution in [0.4, 0.5) is 5.69 Å². The first kappa shape index (κ1) is 13.8. The molecule has 1 aliphatic rings. The van der Waals surface area contributed by atoms with E-state index in [1.807, 2.05) is 0 Å². The van der Waals surface area contributed by atoms with E-state index in [4.69, 9.17) is 5.84 Å². The Morgan fingerprint density at radius 2 is 2.32 bits per heavy atom. The Bertz CT molecular complexity index is 587. The van der Waals surface area contributed by atoms with Gasteiger partial charge in [-0.25, -0.2) is 8.42 Å². The van der Waals surface area contributed by atoms with Crippen LogP contribution < -0.4 is 11.3 Å². The van der Waals surface area contributed by atoms with Gasteiger partial charge in [0, 0.05) is 18.8 Å². The molecule has 2 rings (SSSR count). The largest absolute Gasteiger partial charge is 0.334 e. The summed E-state index contributed by atoms with van der Waals surface area (Å²) in [6, 6.07) is 1.22. The highest BCUT2D eigenvalue weighted by Gasteiger charge is 2.32. The zero-order chi connectivity index (χ0) is 14.0. The first-order chi connectivity index (χ1) is 8.94. The Hall–Kier alpha value is -1.67. The van der Waals surface area contributed by atoms with Crippen LogP contribution >= 0.6 is 0 Å². The van der Waals surface area contributed by atoms with E-state index in [9.17, 15) is 13.2 Å². The number of nitrogens with one attached hydrogen (secondary N) is 1. The molecule has 0 saturated carbocycles. The van der Waals surface area contributed by atoms with E-state index >= 15 is 0 Å². The fraction of sp³-hybridized carbons (Fsp3) is 0.455. The number of carbonyl (C=O) groups is 1. The number of hydrogen-bond donors (Lipinski definition) is 2. The van der Waals surface area contributed by atoms with Crippen LogP contribution in [-0.4, -0.2) is 48.3 Å². The number of nitrogens with two attached hydrogens (primary N) is 1. The van der Waals surface area contributed by atoms with E-state index in [1.165, 1.54) is 12.4 Å². The summed E-state index contributed by atoms with van der Waals surface area (Å²) < 4.78 is 23.0. The number of pyridine rings is 1. The second-order valence-electron chi connectivity index (χ2n) is 4.53. The molecule has 0 aromatic carbocycles. The zero-order valence-electron chi connectivity index (χ0n) is 10.5. The Balaban J connectivity index is 2.25. The van der Waals surface area contributed by atoms with Gasteiger partial charge in [0.1, 0.15) is 0 Å². The molecule has 1 aromatic rings. The van der Waals surface area contributed by atoms with Gasteiger partial charge in [-0.15, -0.1) is 0 Å². The Morgan fingerprint density at radius 1 is 1.58 bits per heavy atom. The number of carbonyl (C=O) groups excluding carboxylic acids is 1. The van der Waals surface area contributed by atoms with E-state index in [2.05, 4.69) is 10.4 Å². The van der Waals surface area contributed by atoms with Crippen molar-refractivity contribution in [3.05, 3.63) is 24.0 Å². The number of hydrazine groups is 1. The number of amides is 1. The number of anilines is 1. The SMILES string of the molecule is CC1CS(=O)(=O)CCN1C(=O)c1ccncc1NN. The van der Waals surface area contributed by atoms with Gasteiger partial charge in [0.15, 0.2) is 9.84 Å². The fourth-order valence-corrected chi connectivity index (χ4v) is 3.71. The number of hydrogen-bond acceptors (Lipinski definition) is 6. The average molecular weight is 284 g/mol. The highest BCUT2D eigenvalue weighted by molar-refractivity contribution is 7.91. The molecule has 1 saturated heterocycles. The summed E-state index contributed by atoms with van der Waals surface area (Å²) >= 11 is 0. The lowest BCUT2D eigenvalue weighted by atomic mass is 10.1. The smallest absolute Gasteiger partial charge is 0.256 e. The molecule has 1 amide bonds. The maximum absolute atomic E-state index is 12.4. The summed E-state index contributed by atoms with van der Waals surface area (Å²) in [5.41, 5.74) is 3.23. The van der Waals surface area contributed by atoms with Crippen LogP contribution in [-0.2, 0) is 9.84 Å². The quantitative estimate of drug-likeness (QED) is 0.567. The third-order valence-corrected chi connectivity index (χ3v) is 4.93. The van der Waals surface area contributed by atoms with Gasteiger partial charge in [0.2, 0.25) is 0 Å². The minimum Gasteiger partial charge on any atom is -0.334 e. The molecule has 0 spiro atoms. The lowest BCUT2D eigenvalue weighted by molar-refractivity contribution is 0.0713. The highest BCUT2D eigenvalue weighted by atomic mass is 32.2. The third kappa shape index (κ3) is 2.85. The van der Waals surface area contributed by atoms with Gasteiger partial charge < -0.3 is 10.3 Å². The van der Waals surface area contributed by atoms with Crippen molar-refractivity contribution in [2.75, 3.05) is 23.5 Å². The second-order valence-corrected chi connectivity index (χ2v) is 6.76. The standard InChI is InChI=1S/C11H16N4O3S/c1-8-7-19(17,18)5-4-15(8)11(16)9-2-3-13-6-10(9)14-12/h2-3,6,8,14H,4-5,7,12H2,1H3. The lowest BCUT2D eigenvalue weighted by Crippen LogP contribution is -2.49. The van der Waals surface area contributed by atoms with Gasteiger partial charge in [0.25, 0.3) is 5.91 Å². The van der Waals surface area contributed by atoms with E-state index in [0.717, 1.165) is 0 Å². The van der Waals surface area contributed by atoms with Gasteiger partial charge in [-0.2, -0.15) is 0 Å². The molecule has 2 heterocycles. The fourth-order valence-electron chi connectivity index (χ4n) is 2.15. The molecule has 3 N–H and O–H groups in total. The number of aromatic nitrogens is 1. The minimum atomic E-state index is -3.04. The van der Waals surface area contributed by atoms with Crippen molar-refractivity contribution in [3.8, 4) is 0 Å². The molecule has 1 unspecified atom stereocenters. The number of sulfone groups is 1. The van der Waals surface area contributed by atoms with Crippen LogP contribution in [0.1, 0.15) is 17.3 Å². The van der Waals surface area contributed by atoms with Crippen molar-refractivity contribution < 1.29 is 13.2 Å². The van der Waals surface area contributed by atoms with Crippen LogP contribution in [0.3, 0.4) is 0 Å². The van der Waals surface area contributed by atoms with Crippen LogP contribution in [0.5, 0.6) is 0 Å². The molecule has 1 fully saturated rings. The molecule has 0 radical (unpaired) electrons. The van der Waals surface area contributed by atoms with Crippen LogP contribution in [0.2, 0.25) is 0 Å². The van der Waals surface area contributed by atoms with Crippen LogP contribution in [0.25, 0.3) is 0 Å². The predicted molar refractivity (Wildman–Crippen MR) is 71.2 cm³/mol. The molecular weight excluding hydrogens is 268 g/mol. The number of rotatable bonds is 2. The van der Waals surface area contributed by atoms with Crippen molar-refractivity contribution in [1.82, 2.24) is 9.88 Å². The van der Waals surface area contributed by atoms with Crippen molar-refractivity contribution in [1.29, 1.82) is 0 Å². The minimum absolute atomic E-state index is 0.000446. The summed E-state index contributed by atoms with van der Waals surface area (Å²) in [6.07, 6.45) is 2.96. The third-order valence-electron chi connectivity index (χ3n) is 3.14. The summed E-state index contributed by atoms with van der Waals surface area (Å²) in [5.74, 6) is 5.10. The van der Waals surface area contributed by atoms with Crippen LogP contribution in [0.15, 0.2) is 18.5 Å². The second kappa shape index (κ2) is 5.14. The van der Waals surface area contributed by atoms with Gasteiger partial charge in [-0.3, -0.25) is 15.6 Å². The molecule has 19 heavy (non-hydrogen) atoms. The van der Waals surface area contributed by atoms with Crippen molar-refractivity contribution in [3.63, 3.8) is 0 Å². The highest BCUT2D eigenvalue weighted by Crippen LogP contribution is 2.19. The van der Waals surface area contributed by atoms with Crippen LogP contribution in [0, 0.1) is 0 Å². The van der Waals surface area contributed by atoms with E-state index in [-0.39, 0.29) is 30.0 Å². The first-order valence-electron chi connectivity index (χ1n) is 5.86. The molecule has 0 bridgehead atoms. The molecule has 7 nitrogen and oxygen atoms in total. The molecule has 1 atom stereocenters. The Kier molecular flexibility index (Phi) is 3.72. The van der Waals surface area contributed by atoms with Crippen molar-refractivity contribution >= 4 is 21.4 Å². The summed E-state index contributed by atoms with van der Waals surface area (Å²) in [4.78, 5) is 17.8. The Labute approximate surface area is 111 Å². The molecule has 1 aliphatic heterocycles. The summed E-state index contributed by atoms with van der Waals surface area (Å²) in [7, 11) is -3.04. The monoisotopic (exact) mass is 284 g/mol. The summed E-state index contributed by atoms with van der Waals surface area (Å²) in [5, 5.41) is 0. The summed E-state index contributed by atoms with van der Waals surface area (Å²) in [6.45, 7) is 1.93. The average Bonchev–Trinajstić information content (AvgIpc) is 2.37. The Morgan fingerprint density at radius 3 is 2.95 bits per heavy atom. The molecule has 0 aliphatic carbocycles.